The highest BCUT2D eigenvalue weighted by molar-refractivity contribution is 5.73. The molecule has 1 aliphatic heterocycles. The number of halogens is 1. The van der Waals surface area contributed by atoms with Gasteiger partial charge >= 0.3 is 0 Å². The van der Waals surface area contributed by atoms with Gasteiger partial charge in [0.2, 0.25) is 5.91 Å². The summed E-state index contributed by atoms with van der Waals surface area (Å²) in [6.45, 7) is 2.88. The molecule has 1 amide bonds. The number of hydrogen-bond acceptors (Lipinski definition) is 3. The van der Waals surface area contributed by atoms with Crippen LogP contribution in [0.3, 0.4) is 0 Å². The van der Waals surface area contributed by atoms with Gasteiger partial charge in [0, 0.05) is 31.7 Å². The minimum absolute atomic E-state index is 0.0567. The second kappa shape index (κ2) is 5.05. The fourth-order valence-electron chi connectivity index (χ4n) is 2.22. The minimum atomic E-state index is -0.410. The number of nitriles is 1. The van der Waals surface area contributed by atoms with Crippen molar-refractivity contribution < 1.29 is 9.18 Å². The number of benzene rings is 1. The maximum absolute atomic E-state index is 13.3. The number of nitrogens with zero attached hydrogens (tertiary/aromatic N) is 2. The van der Waals surface area contributed by atoms with E-state index in [1.165, 1.54) is 19.1 Å². The van der Waals surface area contributed by atoms with Crippen LogP contribution in [0.1, 0.15) is 18.9 Å². The van der Waals surface area contributed by atoms with Crippen LogP contribution in [0.2, 0.25) is 0 Å². The maximum Gasteiger partial charge on any atom is 0.217 e. The molecule has 1 aromatic rings. The van der Waals surface area contributed by atoms with Gasteiger partial charge in [-0.1, -0.05) is 0 Å². The molecule has 18 heavy (non-hydrogen) atoms. The van der Waals surface area contributed by atoms with Crippen molar-refractivity contribution in [2.75, 3.05) is 18.0 Å². The average Bonchev–Trinajstić information content (AvgIpc) is 2.75. The Balaban J connectivity index is 2.12. The number of amides is 1. The van der Waals surface area contributed by atoms with Crippen LogP contribution in [0.15, 0.2) is 18.2 Å². The Morgan fingerprint density at radius 1 is 1.56 bits per heavy atom. The van der Waals surface area contributed by atoms with Crippen LogP contribution in [0.4, 0.5) is 10.1 Å². The molecule has 1 atom stereocenters. The molecule has 0 aliphatic carbocycles. The molecule has 1 unspecified atom stereocenters. The van der Waals surface area contributed by atoms with Gasteiger partial charge in [-0.2, -0.15) is 5.26 Å². The Morgan fingerprint density at radius 3 is 3.00 bits per heavy atom. The van der Waals surface area contributed by atoms with E-state index >= 15 is 0 Å². The molecule has 1 saturated heterocycles. The standard InChI is InChI=1S/C13H14FN3O/c1-9(18)16-12-2-3-17(8-12)13-5-10(7-15)4-11(14)6-13/h4-6,12H,2-3,8H2,1H3,(H,16,18). The molecule has 0 radical (unpaired) electrons. The third-order valence-corrected chi connectivity index (χ3v) is 2.97. The molecule has 0 saturated carbocycles. The second-order valence-corrected chi connectivity index (χ2v) is 4.44. The summed E-state index contributed by atoms with van der Waals surface area (Å²) in [5, 5.41) is 11.7. The van der Waals surface area contributed by atoms with E-state index in [9.17, 15) is 9.18 Å². The zero-order valence-corrected chi connectivity index (χ0v) is 10.1. The van der Waals surface area contributed by atoms with Gasteiger partial charge in [0.1, 0.15) is 5.82 Å². The molecule has 2 rings (SSSR count). The van der Waals surface area contributed by atoms with Crippen molar-refractivity contribution in [2.24, 2.45) is 0 Å². The van der Waals surface area contributed by atoms with Crippen molar-refractivity contribution in [1.82, 2.24) is 5.32 Å². The van der Waals surface area contributed by atoms with Gasteiger partial charge in [-0.25, -0.2) is 4.39 Å². The highest BCUT2D eigenvalue weighted by Gasteiger charge is 2.23. The lowest BCUT2D eigenvalue weighted by Crippen LogP contribution is -2.35. The Hall–Kier alpha value is -2.09. The van der Waals surface area contributed by atoms with Crippen molar-refractivity contribution >= 4 is 11.6 Å². The minimum Gasteiger partial charge on any atom is -0.369 e. The molecule has 1 heterocycles. The van der Waals surface area contributed by atoms with Crippen LogP contribution in [0, 0.1) is 17.1 Å². The maximum atomic E-state index is 13.3. The van der Waals surface area contributed by atoms with E-state index in [2.05, 4.69) is 5.32 Å². The summed E-state index contributed by atoms with van der Waals surface area (Å²) in [6.07, 6.45) is 0.831. The first kappa shape index (κ1) is 12.4. The first-order chi connectivity index (χ1) is 8.58. The zero-order valence-electron chi connectivity index (χ0n) is 10.1. The number of anilines is 1. The third-order valence-electron chi connectivity index (χ3n) is 2.97. The molecule has 1 fully saturated rings. The monoisotopic (exact) mass is 247 g/mol. The summed E-state index contributed by atoms with van der Waals surface area (Å²) in [5.41, 5.74) is 1.01. The van der Waals surface area contributed by atoms with Crippen LogP contribution < -0.4 is 10.2 Å². The van der Waals surface area contributed by atoms with E-state index in [-0.39, 0.29) is 11.9 Å². The number of hydrogen-bond donors (Lipinski definition) is 1. The summed E-state index contributed by atoms with van der Waals surface area (Å²) in [6, 6.07) is 6.33. The van der Waals surface area contributed by atoms with Crippen molar-refractivity contribution in [3.8, 4) is 6.07 Å². The highest BCUT2D eigenvalue weighted by Crippen LogP contribution is 2.22. The SMILES string of the molecule is CC(=O)NC1CCN(c2cc(F)cc(C#N)c2)C1. The molecule has 5 heteroatoms. The van der Waals surface area contributed by atoms with Gasteiger partial charge in [0.15, 0.2) is 0 Å². The number of rotatable bonds is 2. The molecule has 1 aromatic carbocycles. The summed E-state index contributed by atoms with van der Waals surface area (Å²) in [7, 11) is 0. The quantitative estimate of drug-likeness (QED) is 0.859. The smallest absolute Gasteiger partial charge is 0.217 e. The van der Waals surface area contributed by atoms with E-state index in [0.29, 0.717) is 17.8 Å². The Bertz CT molecular complexity index is 509. The molecule has 0 aromatic heterocycles. The summed E-state index contributed by atoms with van der Waals surface area (Å²) < 4.78 is 13.3. The summed E-state index contributed by atoms with van der Waals surface area (Å²) in [5.74, 6) is -0.467. The van der Waals surface area contributed by atoms with Crippen LogP contribution in [-0.4, -0.2) is 25.0 Å². The van der Waals surface area contributed by atoms with Gasteiger partial charge in [-0.3, -0.25) is 4.79 Å². The average molecular weight is 247 g/mol. The Labute approximate surface area is 105 Å². The molecule has 0 bridgehead atoms. The molecular formula is C13H14FN3O. The lowest BCUT2D eigenvalue weighted by molar-refractivity contribution is -0.119. The molecule has 4 nitrogen and oxygen atoms in total. The van der Waals surface area contributed by atoms with Gasteiger partial charge in [-0.05, 0) is 24.6 Å². The largest absolute Gasteiger partial charge is 0.369 e. The van der Waals surface area contributed by atoms with E-state index < -0.39 is 5.82 Å². The predicted molar refractivity (Wildman–Crippen MR) is 65.5 cm³/mol. The van der Waals surface area contributed by atoms with Crippen LogP contribution >= 0.6 is 0 Å². The number of nitrogens with one attached hydrogen (secondary N) is 1. The fraction of sp³-hybridized carbons (Fsp3) is 0.385. The Kier molecular flexibility index (Phi) is 3.47. The van der Waals surface area contributed by atoms with E-state index in [1.807, 2.05) is 11.0 Å². The lowest BCUT2D eigenvalue weighted by atomic mass is 10.2. The molecular weight excluding hydrogens is 233 g/mol. The van der Waals surface area contributed by atoms with Gasteiger partial charge in [-0.15, -0.1) is 0 Å². The van der Waals surface area contributed by atoms with Crippen LogP contribution in [0.25, 0.3) is 0 Å². The Morgan fingerprint density at radius 2 is 2.33 bits per heavy atom. The molecule has 94 valence electrons. The third kappa shape index (κ3) is 2.77. The van der Waals surface area contributed by atoms with Gasteiger partial charge < -0.3 is 10.2 Å². The summed E-state index contributed by atoms with van der Waals surface area (Å²) >= 11 is 0. The van der Waals surface area contributed by atoms with E-state index in [1.54, 1.807) is 6.07 Å². The number of carbonyl (C=O) groups is 1. The molecule has 0 spiro atoms. The van der Waals surface area contributed by atoms with Crippen molar-refractivity contribution in [2.45, 2.75) is 19.4 Å². The molecule has 1 aliphatic rings. The van der Waals surface area contributed by atoms with Gasteiger partial charge in [0.05, 0.1) is 11.6 Å². The van der Waals surface area contributed by atoms with Crippen molar-refractivity contribution in [3.05, 3.63) is 29.6 Å². The first-order valence-corrected chi connectivity index (χ1v) is 5.81. The highest BCUT2D eigenvalue weighted by atomic mass is 19.1. The van der Waals surface area contributed by atoms with Crippen LogP contribution in [-0.2, 0) is 4.79 Å². The molecule has 1 N–H and O–H groups in total. The van der Waals surface area contributed by atoms with Crippen LogP contribution in [0.5, 0.6) is 0 Å². The summed E-state index contributed by atoms with van der Waals surface area (Å²) in [4.78, 5) is 12.9. The number of carbonyl (C=O) groups excluding carboxylic acids is 1. The first-order valence-electron chi connectivity index (χ1n) is 5.81. The predicted octanol–water partition coefficient (Wildman–Crippen LogP) is 1.41. The fourth-order valence-corrected chi connectivity index (χ4v) is 2.22. The van der Waals surface area contributed by atoms with E-state index in [4.69, 9.17) is 5.26 Å². The normalized spacial score (nSPS) is 18.5. The van der Waals surface area contributed by atoms with E-state index in [0.717, 1.165) is 13.0 Å². The van der Waals surface area contributed by atoms with Crippen molar-refractivity contribution in [3.63, 3.8) is 0 Å². The zero-order chi connectivity index (χ0) is 13.1. The lowest BCUT2D eigenvalue weighted by Gasteiger charge is -2.19. The second-order valence-electron chi connectivity index (χ2n) is 4.44. The topological polar surface area (TPSA) is 56.1 Å². The van der Waals surface area contributed by atoms with Crippen molar-refractivity contribution in [1.29, 1.82) is 5.26 Å². The van der Waals surface area contributed by atoms with Gasteiger partial charge in [0.25, 0.3) is 0 Å².